The van der Waals surface area contributed by atoms with Gasteiger partial charge in [0.05, 0.1) is 16.8 Å². The lowest BCUT2D eigenvalue weighted by Crippen LogP contribution is -2.39. The van der Waals surface area contributed by atoms with Gasteiger partial charge in [-0.25, -0.2) is 13.8 Å². The number of rotatable bonds is 10. The molecule has 0 fully saturated rings. The fourth-order valence-corrected chi connectivity index (χ4v) is 5.14. The number of halogens is 2. The molecule has 0 aromatic heterocycles. The van der Waals surface area contributed by atoms with E-state index >= 15 is 0 Å². The fraction of sp³-hybridized carbons (Fsp3) is 0.0714. The minimum absolute atomic E-state index is 0.0537. The summed E-state index contributed by atoms with van der Waals surface area (Å²) in [5, 5.41) is 5.10. The molecule has 4 aromatic carbocycles. The number of carbonyl (C=O) groups excluding carboxylic acids is 1. The zero-order chi connectivity index (χ0) is 27.0. The molecule has 7 nitrogen and oxygen atoms in total. The molecule has 0 bridgehead atoms. The number of nitrogens with zero attached hydrogens (tertiary/aromatic N) is 2. The first kappa shape index (κ1) is 27.2. The first-order valence-corrected chi connectivity index (χ1v) is 13.6. The molecule has 0 spiro atoms. The molecule has 4 rings (SSSR count). The van der Waals surface area contributed by atoms with Gasteiger partial charge in [-0.3, -0.25) is 9.10 Å². The largest absolute Gasteiger partial charge is 0.488 e. The first-order valence-electron chi connectivity index (χ1n) is 11.4. The van der Waals surface area contributed by atoms with E-state index in [1.165, 1.54) is 30.5 Å². The Kier molecular flexibility index (Phi) is 9.02. The normalized spacial score (nSPS) is 11.3. The van der Waals surface area contributed by atoms with E-state index in [9.17, 15) is 13.2 Å². The number of carbonyl (C=O) groups is 1. The van der Waals surface area contributed by atoms with Crippen LogP contribution in [0.4, 0.5) is 5.69 Å². The third-order valence-corrected chi connectivity index (χ3v) is 7.64. The average molecular weight is 568 g/mol. The molecule has 0 aliphatic heterocycles. The number of nitrogens with one attached hydrogen (secondary N) is 1. The van der Waals surface area contributed by atoms with Gasteiger partial charge >= 0.3 is 0 Å². The lowest BCUT2D eigenvalue weighted by atomic mass is 10.2. The Labute approximate surface area is 231 Å². The van der Waals surface area contributed by atoms with E-state index in [1.807, 2.05) is 24.3 Å². The molecule has 0 unspecified atom stereocenters. The summed E-state index contributed by atoms with van der Waals surface area (Å²) in [6.07, 6.45) is 1.44. The molecule has 38 heavy (non-hydrogen) atoms. The highest BCUT2D eigenvalue weighted by Crippen LogP contribution is 2.25. The molecule has 1 N–H and O–H groups in total. The standard InChI is InChI=1S/C28H23Cl2N3O4S/c29-23-12-10-21(11-13-23)20-37-27-9-5-4-6-22(27)18-31-32-28(34)19-33(25-16-14-24(30)15-17-25)38(35,36)26-7-2-1-3-8-26/h1-18H,19-20H2,(H,32,34)/b31-18+. The van der Waals surface area contributed by atoms with Crippen LogP contribution in [0.5, 0.6) is 5.75 Å². The van der Waals surface area contributed by atoms with Crippen molar-refractivity contribution in [2.75, 3.05) is 10.8 Å². The van der Waals surface area contributed by atoms with Crippen LogP contribution in [-0.2, 0) is 21.4 Å². The Morgan fingerprint density at radius 1 is 0.842 bits per heavy atom. The minimum atomic E-state index is -4.03. The maximum absolute atomic E-state index is 13.4. The van der Waals surface area contributed by atoms with Gasteiger partial charge < -0.3 is 4.74 Å². The predicted octanol–water partition coefficient (Wildman–Crippen LogP) is 5.92. The number of sulfonamides is 1. The van der Waals surface area contributed by atoms with Gasteiger partial charge in [0.2, 0.25) is 0 Å². The number of hydrogen-bond donors (Lipinski definition) is 1. The molecule has 0 saturated heterocycles. The third-order valence-electron chi connectivity index (χ3n) is 5.35. The Bertz CT molecular complexity index is 1510. The Morgan fingerprint density at radius 3 is 2.13 bits per heavy atom. The summed E-state index contributed by atoms with van der Waals surface area (Å²) in [6, 6.07) is 28.6. The number of benzene rings is 4. The Hall–Kier alpha value is -3.85. The van der Waals surface area contributed by atoms with E-state index in [2.05, 4.69) is 10.5 Å². The van der Waals surface area contributed by atoms with Crippen LogP contribution < -0.4 is 14.5 Å². The molecule has 0 aliphatic rings. The quantitative estimate of drug-likeness (QED) is 0.190. The van der Waals surface area contributed by atoms with Crippen molar-refractivity contribution in [3.8, 4) is 5.75 Å². The van der Waals surface area contributed by atoms with Crippen LogP contribution in [0.2, 0.25) is 10.0 Å². The second-order valence-corrected chi connectivity index (χ2v) is 10.8. The SMILES string of the molecule is O=C(CN(c1ccc(Cl)cc1)S(=O)(=O)c1ccccc1)N/N=C/c1ccccc1OCc1ccc(Cl)cc1. The van der Waals surface area contributed by atoms with Crippen LogP contribution in [0.15, 0.2) is 113 Å². The molecule has 1 amide bonds. The summed E-state index contributed by atoms with van der Waals surface area (Å²) in [4.78, 5) is 12.8. The van der Waals surface area contributed by atoms with Gasteiger partial charge in [-0.2, -0.15) is 5.10 Å². The first-order chi connectivity index (χ1) is 18.3. The number of amides is 1. The highest BCUT2D eigenvalue weighted by Gasteiger charge is 2.27. The Morgan fingerprint density at radius 2 is 1.45 bits per heavy atom. The monoisotopic (exact) mass is 567 g/mol. The lowest BCUT2D eigenvalue weighted by Gasteiger charge is -2.23. The number of anilines is 1. The van der Waals surface area contributed by atoms with E-state index < -0.39 is 22.5 Å². The zero-order valence-corrected chi connectivity index (χ0v) is 22.3. The van der Waals surface area contributed by atoms with Crippen LogP contribution >= 0.6 is 23.2 Å². The van der Waals surface area contributed by atoms with Gasteiger partial charge in [-0.15, -0.1) is 0 Å². The van der Waals surface area contributed by atoms with Gasteiger partial charge in [0.15, 0.2) is 0 Å². The summed E-state index contributed by atoms with van der Waals surface area (Å²) < 4.78 is 33.6. The van der Waals surface area contributed by atoms with Crippen molar-refractivity contribution in [2.45, 2.75) is 11.5 Å². The van der Waals surface area contributed by atoms with E-state index in [4.69, 9.17) is 27.9 Å². The van der Waals surface area contributed by atoms with Gasteiger partial charge in [0, 0.05) is 15.6 Å². The highest BCUT2D eigenvalue weighted by molar-refractivity contribution is 7.92. The van der Waals surface area contributed by atoms with Gasteiger partial charge in [-0.1, -0.05) is 65.7 Å². The second kappa shape index (κ2) is 12.6. The molecule has 4 aromatic rings. The smallest absolute Gasteiger partial charge is 0.264 e. The summed E-state index contributed by atoms with van der Waals surface area (Å²) in [6.45, 7) is -0.174. The van der Waals surface area contributed by atoms with E-state index in [1.54, 1.807) is 54.6 Å². The van der Waals surface area contributed by atoms with Crippen molar-refractivity contribution in [3.05, 3.63) is 124 Å². The summed E-state index contributed by atoms with van der Waals surface area (Å²) >= 11 is 11.9. The molecule has 0 radical (unpaired) electrons. The molecule has 10 heteroatoms. The maximum atomic E-state index is 13.4. The lowest BCUT2D eigenvalue weighted by molar-refractivity contribution is -0.119. The van der Waals surface area contributed by atoms with E-state index in [0.29, 0.717) is 33.7 Å². The molecular weight excluding hydrogens is 545 g/mol. The van der Waals surface area contributed by atoms with Crippen molar-refractivity contribution >= 4 is 51.0 Å². The highest BCUT2D eigenvalue weighted by atomic mass is 35.5. The minimum Gasteiger partial charge on any atom is -0.488 e. The van der Waals surface area contributed by atoms with Crippen molar-refractivity contribution in [3.63, 3.8) is 0 Å². The average Bonchev–Trinajstić information content (AvgIpc) is 2.93. The fourth-order valence-electron chi connectivity index (χ4n) is 3.44. The van der Waals surface area contributed by atoms with Crippen LogP contribution in [0.1, 0.15) is 11.1 Å². The second-order valence-electron chi connectivity index (χ2n) is 8.05. The summed E-state index contributed by atoms with van der Waals surface area (Å²) in [5.74, 6) is -0.0647. The van der Waals surface area contributed by atoms with Crippen LogP contribution in [-0.4, -0.2) is 27.1 Å². The number of ether oxygens (including phenoxy) is 1. The number of hydrazone groups is 1. The molecule has 0 aliphatic carbocycles. The van der Waals surface area contributed by atoms with Crippen molar-refractivity contribution in [2.24, 2.45) is 5.10 Å². The van der Waals surface area contributed by atoms with Crippen molar-refractivity contribution < 1.29 is 17.9 Å². The molecule has 0 saturated carbocycles. The van der Waals surface area contributed by atoms with Crippen LogP contribution in [0.25, 0.3) is 0 Å². The van der Waals surface area contributed by atoms with E-state index in [0.717, 1.165) is 9.87 Å². The molecule has 194 valence electrons. The summed E-state index contributed by atoms with van der Waals surface area (Å²) in [7, 11) is -4.03. The van der Waals surface area contributed by atoms with Gasteiger partial charge in [-0.05, 0) is 66.2 Å². The van der Waals surface area contributed by atoms with Crippen molar-refractivity contribution in [1.29, 1.82) is 0 Å². The topological polar surface area (TPSA) is 88.1 Å². The van der Waals surface area contributed by atoms with Crippen LogP contribution in [0.3, 0.4) is 0 Å². The predicted molar refractivity (Wildman–Crippen MR) is 150 cm³/mol. The molecule has 0 heterocycles. The zero-order valence-electron chi connectivity index (χ0n) is 20.0. The molecule has 0 atom stereocenters. The van der Waals surface area contributed by atoms with Crippen molar-refractivity contribution in [1.82, 2.24) is 5.43 Å². The summed E-state index contributed by atoms with van der Waals surface area (Å²) in [5.41, 5.74) is 4.27. The van der Waals surface area contributed by atoms with Gasteiger partial charge in [0.1, 0.15) is 18.9 Å². The molecular formula is C28H23Cl2N3O4S. The van der Waals surface area contributed by atoms with Crippen LogP contribution in [0, 0.1) is 0 Å². The van der Waals surface area contributed by atoms with E-state index in [-0.39, 0.29) is 4.90 Å². The third kappa shape index (κ3) is 7.13. The Balaban J connectivity index is 1.46. The van der Waals surface area contributed by atoms with Gasteiger partial charge in [0.25, 0.3) is 15.9 Å². The number of para-hydroxylation sites is 1. The number of hydrogen-bond acceptors (Lipinski definition) is 5. The maximum Gasteiger partial charge on any atom is 0.264 e.